The molecule has 0 unspecified atom stereocenters. The van der Waals surface area contributed by atoms with E-state index < -0.39 is 0 Å². The monoisotopic (exact) mass is 216 g/mol. The number of aryl methyl sites for hydroxylation is 1. The van der Waals surface area contributed by atoms with Gasteiger partial charge in [-0.2, -0.15) is 5.10 Å². The summed E-state index contributed by atoms with van der Waals surface area (Å²) in [6.07, 6.45) is 1.68. The van der Waals surface area contributed by atoms with E-state index in [9.17, 15) is 4.39 Å². The quantitative estimate of drug-likeness (QED) is 0.677. The topological polar surface area (TPSA) is 46.5 Å². The van der Waals surface area contributed by atoms with Crippen LogP contribution in [0.5, 0.6) is 0 Å². The predicted octanol–water partition coefficient (Wildman–Crippen LogP) is 2.10. The highest BCUT2D eigenvalue weighted by molar-refractivity contribution is 5.79. The Bertz CT molecular complexity index is 653. The van der Waals surface area contributed by atoms with Crippen LogP contribution in [0.15, 0.2) is 30.5 Å². The number of halogens is 1. The molecule has 1 N–H and O–H groups in total. The van der Waals surface area contributed by atoms with E-state index in [4.69, 9.17) is 0 Å². The molecule has 0 amide bonds. The summed E-state index contributed by atoms with van der Waals surface area (Å²) in [6.45, 7) is 0. The Kier molecular flexibility index (Phi) is 1.80. The largest absolute Gasteiger partial charge is 0.337 e. The van der Waals surface area contributed by atoms with Crippen molar-refractivity contribution in [2.75, 3.05) is 0 Å². The molecule has 0 radical (unpaired) electrons. The molecule has 80 valence electrons. The summed E-state index contributed by atoms with van der Waals surface area (Å²) < 4.78 is 15.1. The van der Waals surface area contributed by atoms with Crippen LogP contribution in [0.3, 0.4) is 0 Å². The average molecular weight is 216 g/mol. The van der Waals surface area contributed by atoms with Crippen molar-refractivity contribution in [3.8, 4) is 11.5 Å². The number of H-pyrrole nitrogens is 1. The van der Waals surface area contributed by atoms with Gasteiger partial charge in [0.1, 0.15) is 11.2 Å². The van der Waals surface area contributed by atoms with Crippen LogP contribution in [0.4, 0.5) is 4.39 Å². The summed E-state index contributed by atoms with van der Waals surface area (Å²) >= 11 is 0. The van der Waals surface area contributed by atoms with Gasteiger partial charge in [-0.3, -0.25) is 4.68 Å². The number of fused-ring (bicyclic) bond motifs is 1. The highest BCUT2D eigenvalue weighted by Crippen LogP contribution is 2.21. The van der Waals surface area contributed by atoms with Crippen molar-refractivity contribution in [3.05, 3.63) is 36.3 Å². The molecule has 0 fully saturated rings. The van der Waals surface area contributed by atoms with E-state index in [1.807, 2.05) is 13.1 Å². The molecule has 2 heterocycles. The van der Waals surface area contributed by atoms with Gasteiger partial charge < -0.3 is 4.98 Å². The van der Waals surface area contributed by atoms with Crippen LogP contribution < -0.4 is 0 Å². The Balaban J connectivity index is 2.27. The zero-order chi connectivity index (χ0) is 11.1. The van der Waals surface area contributed by atoms with Gasteiger partial charge in [0.25, 0.3) is 0 Å². The second-order valence-corrected chi connectivity index (χ2v) is 3.56. The van der Waals surface area contributed by atoms with Crippen LogP contribution in [0.25, 0.3) is 22.6 Å². The van der Waals surface area contributed by atoms with Crippen molar-refractivity contribution in [2.24, 2.45) is 7.05 Å². The molecular formula is C11H9FN4. The van der Waals surface area contributed by atoms with E-state index in [2.05, 4.69) is 15.1 Å². The molecular weight excluding hydrogens is 207 g/mol. The zero-order valence-corrected chi connectivity index (χ0v) is 8.61. The van der Waals surface area contributed by atoms with Gasteiger partial charge in [-0.25, -0.2) is 9.37 Å². The van der Waals surface area contributed by atoms with Crippen LogP contribution in [0.2, 0.25) is 0 Å². The number of nitrogens with one attached hydrogen (secondary N) is 1. The SMILES string of the molecule is Cn1nccc1-c1nc2c(F)cccc2[nH]1. The number of imidazole rings is 1. The average Bonchev–Trinajstić information content (AvgIpc) is 2.84. The van der Waals surface area contributed by atoms with Crippen LogP contribution in [0, 0.1) is 5.82 Å². The smallest absolute Gasteiger partial charge is 0.156 e. The predicted molar refractivity (Wildman–Crippen MR) is 58.3 cm³/mol. The van der Waals surface area contributed by atoms with E-state index in [-0.39, 0.29) is 5.82 Å². The van der Waals surface area contributed by atoms with Crippen molar-refractivity contribution in [2.45, 2.75) is 0 Å². The first-order chi connectivity index (χ1) is 7.75. The fourth-order valence-electron chi connectivity index (χ4n) is 1.72. The Hall–Kier alpha value is -2.17. The molecule has 4 nitrogen and oxygen atoms in total. The number of rotatable bonds is 1. The lowest BCUT2D eigenvalue weighted by Crippen LogP contribution is -1.94. The van der Waals surface area contributed by atoms with Crippen LogP contribution >= 0.6 is 0 Å². The minimum absolute atomic E-state index is 0.317. The second kappa shape index (κ2) is 3.16. The minimum atomic E-state index is -0.317. The van der Waals surface area contributed by atoms with Gasteiger partial charge in [0.15, 0.2) is 11.6 Å². The molecule has 0 aliphatic rings. The maximum atomic E-state index is 13.4. The molecule has 2 aromatic heterocycles. The summed E-state index contributed by atoms with van der Waals surface area (Å²) in [7, 11) is 1.82. The Morgan fingerprint density at radius 3 is 2.88 bits per heavy atom. The van der Waals surface area contributed by atoms with Gasteiger partial charge in [-0.1, -0.05) is 6.07 Å². The molecule has 0 spiro atoms. The first kappa shape index (κ1) is 9.08. The molecule has 3 rings (SSSR count). The number of benzene rings is 1. The van der Waals surface area contributed by atoms with Gasteiger partial charge >= 0.3 is 0 Å². The molecule has 0 saturated carbocycles. The molecule has 0 aliphatic carbocycles. The van der Waals surface area contributed by atoms with E-state index >= 15 is 0 Å². The Morgan fingerprint density at radius 1 is 1.31 bits per heavy atom. The highest BCUT2D eigenvalue weighted by Gasteiger charge is 2.10. The standard InChI is InChI=1S/C11H9FN4/c1-16-9(5-6-13-16)11-14-8-4-2-3-7(12)10(8)15-11/h2-6H,1H3,(H,14,15). The van der Waals surface area contributed by atoms with Crippen LogP contribution in [-0.4, -0.2) is 19.7 Å². The van der Waals surface area contributed by atoms with Crippen molar-refractivity contribution in [1.82, 2.24) is 19.7 Å². The summed E-state index contributed by atoms with van der Waals surface area (Å²) in [5, 5.41) is 4.05. The molecule has 1 aromatic carbocycles. The number of hydrogen-bond donors (Lipinski definition) is 1. The first-order valence-corrected chi connectivity index (χ1v) is 4.88. The third-order valence-electron chi connectivity index (χ3n) is 2.53. The molecule has 0 bridgehead atoms. The van der Waals surface area contributed by atoms with Gasteiger partial charge in [0, 0.05) is 13.2 Å². The Labute approximate surface area is 90.7 Å². The van der Waals surface area contributed by atoms with Gasteiger partial charge in [-0.15, -0.1) is 0 Å². The van der Waals surface area contributed by atoms with Crippen molar-refractivity contribution in [3.63, 3.8) is 0 Å². The molecule has 16 heavy (non-hydrogen) atoms. The van der Waals surface area contributed by atoms with E-state index in [0.717, 1.165) is 5.69 Å². The van der Waals surface area contributed by atoms with Gasteiger partial charge in [-0.05, 0) is 18.2 Å². The maximum Gasteiger partial charge on any atom is 0.156 e. The lowest BCUT2D eigenvalue weighted by atomic mass is 10.3. The molecule has 0 atom stereocenters. The fraction of sp³-hybridized carbons (Fsp3) is 0.0909. The zero-order valence-electron chi connectivity index (χ0n) is 8.61. The highest BCUT2D eigenvalue weighted by atomic mass is 19.1. The van der Waals surface area contributed by atoms with Crippen LogP contribution in [-0.2, 0) is 7.05 Å². The normalized spacial score (nSPS) is 11.1. The third-order valence-corrected chi connectivity index (χ3v) is 2.53. The maximum absolute atomic E-state index is 13.4. The number of aromatic nitrogens is 4. The minimum Gasteiger partial charge on any atom is -0.337 e. The van der Waals surface area contributed by atoms with Gasteiger partial charge in [0.2, 0.25) is 0 Å². The van der Waals surface area contributed by atoms with Crippen molar-refractivity contribution >= 4 is 11.0 Å². The van der Waals surface area contributed by atoms with Crippen LogP contribution in [0.1, 0.15) is 0 Å². The summed E-state index contributed by atoms with van der Waals surface area (Å²) in [5.74, 6) is 0.308. The number of aromatic amines is 1. The number of hydrogen-bond acceptors (Lipinski definition) is 2. The fourth-order valence-corrected chi connectivity index (χ4v) is 1.72. The van der Waals surface area contributed by atoms with E-state index in [1.165, 1.54) is 6.07 Å². The van der Waals surface area contributed by atoms with Crippen molar-refractivity contribution < 1.29 is 4.39 Å². The lowest BCUT2D eigenvalue weighted by Gasteiger charge is -1.95. The number of para-hydroxylation sites is 1. The summed E-state index contributed by atoms with van der Waals surface area (Å²) in [4.78, 5) is 7.29. The first-order valence-electron chi connectivity index (χ1n) is 4.88. The third kappa shape index (κ3) is 1.21. The Morgan fingerprint density at radius 2 is 2.19 bits per heavy atom. The molecule has 3 aromatic rings. The van der Waals surface area contributed by atoms with E-state index in [1.54, 1.807) is 23.0 Å². The molecule has 5 heteroatoms. The van der Waals surface area contributed by atoms with Crippen molar-refractivity contribution in [1.29, 1.82) is 0 Å². The molecule has 0 saturated heterocycles. The second-order valence-electron chi connectivity index (χ2n) is 3.56. The van der Waals surface area contributed by atoms with Gasteiger partial charge in [0.05, 0.1) is 5.52 Å². The molecule has 0 aliphatic heterocycles. The van der Waals surface area contributed by atoms with E-state index in [0.29, 0.717) is 16.9 Å². The summed E-state index contributed by atoms with van der Waals surface area (Å²) in [6, 6.07) is 6.68. The summed E-state index contributed by atoms with van der Waals surface area (Å²) in [5.41, 5.74) is 1.88. The lowest BCUT2D eigenvalue weighted by molar-refractivity contribution is 0.637. The number of nitrogens with zero attached hydrogens (tertiary/aromatic N) is 3.